The van der Waals surface area contributed by atoms with Gasteiger partial charge in [-0.15, -0.1) is 0 Å². The van der Waals surface area contributed by atoms with Crippen molar-refractivity contribution in [2.75, 3.05) is 13.7 Å². The Bertz CT molecular complexity index is 639. The van der Waals surface area contributed by atoms with Crippen LogP contribution in [-0.4, -0.2) is 18.6 Å². The monoisotopic (exact) mass is 305 g/mol. The molecule has 0 atom stereocenters. The normalized spacial score (nSPS) is 14.8. The Kier molecular flexibility index (Phi) is 4.13. The van der Waals surface area contributed by atoms with Gasteiger partial charge in [0.05, 0.1) is 7.11 Å². The number of fused-ring (bicyclic) bond motifs is 1. The number of rotatable bonds is 3. The first-order valence-corrected chi connectivity index (χ1v) is 7.36. The van der Waals surface area contributed by atoms with Gasteiger partial charge in [0.2, 0.25) is 0 Å². The van der Waals surface area contributed by atoms with Gasteiger partial charge in [-0.3, -0.25) is 4.90 Å². The molecular formula is C17H17ClFNO. The van der Waals surface area contributed by atoms with E-state index in [0.717, 1.165) is 25.3 Å². The summed E-state index contributed by atoms with van der Waals surface area (Å²) in [4.78, 5) is 2.21. The SMILES string of the molecule is COc1ccc2c(c1)CN(Cc1c(F)cccc1Cl)CC2. The maximum absolute atomic E-state index is 13.9. The van der Waals surface area contributed by atoms with Crippen LogP contribution < -0.4 is 4.74 Å². The number of methoxy groups -OCH3 is 1. The highest BCUT2D eigenvalue weighted by Gasteiger charge is 2.19. The number of nitrogens with zero attached hydrogens (tertiary/aromatic N) is 1. The van der Waals surface area contributed by atoms with Crippen LogP contribution >= 0.6 is 11.6 Å². The molecule has 0 radical (unpaired) electrons. The summed E-state index contributed by atoms with van der Waals surface area (Å²) in [5.74, 6) is 0.624. The van der Waals surface area contributed by atoms with E-state index in [2.05, 4.69) is 17.0 Å². The van der Waals surface area contributed by atoms with E-state index in [9.17, 15) is 4.39 Å². The highest BCUT2D eigenvalue weighted by Crippen LogP contribution is 2.27. The maximum Gasteiger partial charge on any atom is 0.129 e. The van der Waals surface area contributed by atoms with Gasteiger partial charge in [-0.2, -0.15) is 0 Å². The number of hydrogen-bond donors (Lipinski definition) is 0. The Balaban J connectivity index is 1.80. The van der Waals surface area contributed by atoms with Gasteiger partial charge >= 0.3 is 0 Å². The molecule has 0 bridgehead atoms. The van der Waals surface area contributed by atoms with Crippen LogP contribution in [0.15, 0.2) is 36.4 Å². The molecular weight excluding hydrogens is 289 g/mol. The maximum atomic E-state index is 13.9. The first kappa shape index (κ1) is 14.4. The topological polar surface area (TPSA) is 12.5 Å². The van der Waals surface area contributed by atoms with Crippen LogP contribution in [0.3, 0.4) is 0 Å². The van der Waals surface area contributed by atoms with Crippen LogP contribution in [0, 0.1) is 5.82 Å². The minimum atomic E-state index is -0.237. The summed E-state index contributed by atoms with van der Waals surface area (Å²) in [6.07, 6.45) is 0.964. The lowest BCUT2D eigenvalue weighted by Crippen LogP contribution is -2.30. The summed E-state index contributed by atoms with van der Waals surface area (Å²) in [5, 5.41) is 0.492. The van der Waals surface area contributed by atoms with Crippen LogP contribution in [-0.2, 0) is 19.5 Å². The van der Waals surface area contributed by atoms with Crippen LogP contribution in [0.5, 0.6) is 5.75 Å². The number of hydrogen-bond acceptors (Lipinski definition) is 2. The average Bonchev–Trinajstić information content (AvgIpc) is 2.50. The minimum Gasteiger partial charge on any atom is -0.497 e. The zero-order chi connectivity index (χ0) is 14.8. The van der Waals surface area contributed by atoms with Gasteiger partial charge in [-0.05, 0) is 41.8 Å². The minimum absolute atomic E-state index is 0.237. The molecule has 2 aromatic carbocycles. The van der Waals surface area contributed by atoms with Crippen molar-refractivity contribution in [3.8, 4) is 5.75 Å². The van der Waals surface area contributed by atoms with Crippen LogP contribution in [0.2, 0.25) is 5.02 Å². The lowest BCUT2D eigenvalue weighted by molar-refractivity contribution is 0.241. The summed E-state index contributed by atoms with van der Waals surface area (Å²) < 4.78 is 19.2. The second-order valence-corrected chi connectivity index (χ2v) is 5.70. The molecule has 0 N–H and O–H groups in total. The molecule has 2 aromatic rings. The van der Waals surface area contributed by atoms with Gasteiger partial charge in [0.25, 0.3) is 0 Å². The van der Waals surface area contributed by atoms with E-state index < -0.39 is 0 Å². The van der Waals surface area contributed by atoms with Crippen LogP contribution in [0.4, 0.5) is 4.39 Å². The Hall–Kier alpha value is -1.58. The predicted octanol–water partition coefficient (Wildman–Crippen LogP) is 4.05. The molecule has 1 aliphatic heterocycles. The first-order chi connectivity index (χ1) is 10.2. The summed E-state index contributed by atoms with van der Waals surface area (Å²) in [7, 11) is 1.67. The number of halogens is 2. The molecule has 0 aromatic heterocycles. The van der Waals surface area contributed by atoms with E-state index in [1.807, 2.05) is 6.07 Å². The molecule has 0 amide bonds. The fourth-order valence-corrected chi connectivity index (χ4v) is 2.98. The molecule has 1 heterocycles. The van der Waals surface area contributed by atoms with E-state index in [1.165, 1.54) is 17.2 Å². The number of ether oxygens (including phenoxy) is 1. The second-order valence-electron chi connectivity index (χ2n) is 5.30. The van der Waals surface area contributed by atoms with Crippen molar-refractivity contribution in [2.24, 2.45) is 0 Å². The molecule has 110 valence electrons. The van der Waals surface area contributed by atoms with Crippen molar-refractivity contribution < 1.29 is 9.13 Å². The molecule has 0 aliphatic carbocycles. The molecule has 0 unspecified atom stereocenters. The van der Waals surface area contributed by atoms with Gasteiger partial charge in [-0.1, -0.05) is 23.7 Å². The van der Waals surface area contributed by atoms with Crippen LogP contribution in [0.1, 0.15) is 16.7 Å². The Morgan fingerprint density at radius 1 is 1.24 bits per heavy atom. The predicted molar refractivity (Wildman–Crippen MR) is 82.2 cm³/mol. The van der Waals surface area contributed by atoms with E-state index in [0.29, 0.717) is 17.1 Å². The molecule has 21 heavy (non-hydrogen) atoms. The van der Waals surface area contributed by atoms with Gasteiger partial charge in [0, 0.05) is 30.2 Å². The lowest BCUT2D eigenvalue weighted by Gasteiger charge is -2.29. The van der Waals surface area contributed by atoms with E-state index >= 15 is 0 Å². The second kappa shape index (κ2) is 6.04. The number of benzene rings is 2. The highest BCUT2D eigenvalue weighted by atomic mass is 35.5. The third-order valence-electron chi connectivity index (χ3n) is 3.95. The third kappa shape index (κ3) is 3.04. The molecule has 1 aliphatic rings. The molecule has 0 spiro atoms. The largest absolute Gasteiger partial charge is 0.497 e. The van der Waals surface area contributed by atoms with Crippen molar-refractivity contribution in [1.29, 1.82) is 0 Å². The van der Waals surface area contributed by atoms with Crippen molar-refractivity contribution in [3.63, 3.8) is 0 Å². The van der Waals surface area contributed by atoms with Gasteiger partial charge < -0.3 is 4.74 Å². The third-order valence-corrected chi connectivity index (χ3v) is 4.30. The quantitative estimate of drug-likeness (QED) is 0.848. The Labute approximate surface area is 129 Å². The Morgan fingerprint density at radius 3 is 2.86 bits per heavy atom. The van der Waals surface area contributed by atoms with E-state index in [4.69, 9.17) is 16.3 Å². The smallest absolute Gasteiger partial charge is 0.129 e. The van der Waals surface area contributed by atoms with Crippen molar-refractivity contribution in [3.05, 3.63) is 63.9 Å². The summed E-state index contributed by atoms with van der Waals surface area (Å²) in [5.41, 5.74) is 3.16. The van der Waals surface area contributed by atoms with Gasteiger partial charge in [0.15, 0.2) is 0 Å². The molecule has 2 nitrogen and oxygen atoms in total. The average molecular weight is 306 g/mol. The van der Waals surface area contributed by atoms with Crippen molar-refractivity contribution in [1.82, 2.24) is 4.90 Å². The van der Waals surface area contributed by atoms with E-state index in [1.54, 1.807) is 19.2 Å². The Morgan fingerprint density at radius 2 is 2.10 bits per heavy atom. The summed E-state index contributed by atoms with van der Waals surface area (Å²) in [6.45, 7) is 2.23. The van der Waals surface area contributed by atoms with Gasteiger partial charge in [-0.25, -0.2) is 4.39 Å². The van der Waals surface area contributed by atoms with Crippen molar-refractivity contribution in [2.45, 2.75) is 19.5 Å². The fraction of sp³-hybridized carbons (Fsp3) is 0.294. The summed E-state index contributed by atoms with van der Waals surface area (Å²) in [6, 6.07) is 11.0. The molecule has 0 saturated carbocycles. The highest BCUT2D eigenvalue weighted by molar-refractivity contribution is 6.31. The first-order valence-electron chi connectivity index (χ1n) is 6.98. The zero-order valence-corrected chi connectivity index (χ0v) is 12.7. The molecule has 0 saturated heterocycles. The van der Waals surface area contributed by atoms with Crippen LogP contribution in [0.25, 0.3) is 0 Å². The summed E-state index contributed by atoms with van der Waals surface area (Å²) >= 11 is 6.11. The molecule has 4 heteroatoms. The molecule has 0 fully saturated rings. The lowest BCUT2D eigenvalue weighted by atomic mass is 9.99. The molecule has 3 rings (SSSR count). The van der Waals surface area contributed by atoms with E-state index in [-0.39, 0.29) is 5.82 Å². The zero-order valence-electron chi connectivity index (χ0n) is 11.9. The van der Waals surface area contributed by atoms with Gasteiger partial charge in [0.1, 0.15) is 11.6 Å². The standard InChI is InChI=1S/C17H17ClFNO/c1-21-14-6-5-12-7-8-20(10-13(12)9-14)11-15-16(18)3-2-4-17(15)19/h2-6,9H,7-8,10-11H2,1H3. The fourth-order valence-electron chi connectivity index (χ4n) is 2.76. The van der Waals surface area contributed by atoms with Crippen molar-refractivity contribution >= 4 is 11.6 Å².